The number of rotatable bonds is 8. The molecule has 3 heteroatoms. The highest BCUT2D eigenvalue weighted by Crippen LogP contribution is 2.46. The van der Waals surface area contributed by atoms with Crippen molar-refractivity contribution in [3.8, 4) is 0 Å². The molecule has 210 valence electrons. The molecule has 0 bridgehead atoms. The predicted octanol–water partition coefficient (Wildman–Crippen LogP) is 9.76. The van der Waals surface area contributed by atoms with Gasteiger partial charge in [-0.1, -0.05) is 100.0 Å². The van der Waals surface area contributed by atoms with Gasteiger partial charge >= 0.3 is 0 Å². The average molecular weight is 554 g/mol. The predicted molar refractivity (Wildman–Crippen MR) is 174 cm³/mol. The topological polar surface area (TPSA) is 6.25 Å². The number of halogens is 1. The third kappa shape index (κ3) is 5.05. The van der Waals surface area contributed by atoms with Crippen LogP contribution in [-0.4, -0.2) is 29.4 Å². The molecular formula is C37H46ClN2+. The SMILES string of the molecule is CCCN1c2ccccc2C(C)(C)C1/C=C/C=C1\CCCC(/C=C/C2=[N+](CCC)c3ccccc3C2(C)C)=C1Cl. The van der Waals surface area contributed by atoms with Crippen LogP contribution in [0.15, 0.2) is 95.1 Å². The minimum Gasteiger partial charge on any atom is -0.364 e. The second-order valence-electron chi connectivity index (χ2n) is 12.7. The maximum atomic E-state index is 7.09. The highest BCUT2D eigenvalue weighted by atomic mass is 35.5. The van der Waals surface area contributed by atoms with E-state index in [0.29, 0.717) is 6.04 Å². The summed E-state index contributed by atoms with van der Waals surface area (Å²) in [7, 11) is 0. The van der Waals surface area contributed by atoms with E-state index in [2.05, 4.69) is 130 Å². The van der Waals surface area contributed by atoms with Gasteiger partial charge in [-0.2, -0.15) is 4.58 Å². The lowest BCUT2D eigenvalue weighted by Crippen LogP contribution is -2.40. The number of hydrogen-bond donors (Lipinski definition) is 0. The molecule has 0 spiro atoms. The van der Waals surface area contributed by atoms with E-state index in [4.69, 9.17) is 11.6 Å². The number of allylic oxidation sites excluding steroid dienone is 7. The van der Waals surface area contributed by atoms with Crippen molar-refractivity contribution in [3.05, 3.63) is 106 Å². The highest BCUT2D eigenvalue weighted by Gasteiger charge is 2.44. The van der Waals surface area contributed by atoms with Crippen molar-refractivity contribution in [3.63, 3.8) is 0 Å². The minimum absolute atomic E-state index is 0.0264. The largest absolute Gasteiger partial charge is 0.364 e. The van der Waals surface area contributed by atoms with Gasteiger partial charge < -0.3 is 4.90 Å². The molecule has 0 saturated heterocycles. The third-order valence-electron chi connectivity index (χ3n) is 9.18. The summed E-state index contributed by atoms with van der Waals surface area (Å²) in [6.07, 6.45) is 17.0. The molecule has 1 atom stereocenters. The van der Waals surface area contributed by atoms with Crippen LogP contribution in [0.1, 0.15) is 84.8 Å². The van der Waals surface area contributed by atoms with Crippen molar-refractivity contribution in [2.45, 2.75) is 90.5 Å². The van der Waals surface area contributed by atoms with Gasteiger partial charge in [0.2, 0.25) is 5.69 Å². The minimum atomic E-state index is -0.0264. The molecule has 40 heavy (non-hydrogen) atoms. The van der Waals surface area contributed by atoms with Crippen molar-refractivity contribution >= 4 is 28.7 Å². The van der Waals surface area contributed by atoms with Crippen LogP contribution in [0.5, 0.6) is 0 Å². The fourth-order valence-electron chi connectivity index (χ4n) is 7.08. The molecule has 0 fully saturated rings. The van der Waals surface area contributed by atoms with E-state index in [9.17, 15) is 0 Å². The van der Waals surface area contributed by atoms with Crippen LogP contribution in [0, 0.1) is 0 Å². The summed E-state index contributed by atoms with van der Waals surface area (Å²) in [4.78, 5) is 2.58. The van der Waals surface area contributed by atoms with Crippen molar-refractivity contribution in [2.24, 2.45) is 0 Å². The van der Waals surface area contributed by atoms with Crippen LogP contribution in [0.2, 0.25) is 0 Å². The van der Waals surface area contributed by atoms with E-state index in [-0.39, 0.29) is 10.8 Å². The maximum Gasteiger partial charge on any atom is 0.209 e. The first-order chi connectivity index (χ1) is 19.2. The van der Waals surface area contributed by atoms with E-state index in [1.165, 1.54) is 39.4 Å². The molecule has 1 unspecified atom stereocenters. The smallest absolute Gasteiger partial charge is 0.209 e. The standard InChI is InChI=1S/C37H46ClN2/c1-7-25-39-31-20-11-9-18-29(31)36(3,4)33(39)22-14-17-27-15-13-16-28(35(27)38)23-24-34-37(5,6)30-19-10-12-21-32(30)40(34)26-8-2/h9-12,14,17-24,33H,7-8,13,15-16,25-26H2,1-6H3/q+1/b22-14+,24-23+,27-17+. The fourth-order valence-corrected chi connectivity index (χ4v) is 7.40. The quantitative estimate of drug-likeness (QED) is 0.295. The average Bonchev–Trinajstić information content (AvgIpc) is 3.29. The van der Waals surface area contributed by atoms with Crippen LogP contribution in [0.3, 0.4) is 0 Å². The molecule has 0 amide bonds. The second kappa shape index (κ2) is 11.6. The molecule has 3 aliphatic rings. The summed E-state index contributed by atoms with van der Waals surface area (Å²) in [5.74, 6) is 0. The van der Waals surface area contributed by atoms with E-state index in [1.54, 1.807) is 0 Å². The van der Waals surface area contributed by atoms with Crippen molar-refractivity contribution < 1.29 is 4.58 Å². The fraction of sp³-hybridized carbons (Fsp3) is 0.432. The first-order valence-corrected chi connectivity index (χ1v) is 15.6. The summed E-state index contributed by atoms with van der Waals surface area (Å²) in [6, 6.07) is 18.1. The van der Waals surface area contributed by atoms with Crippen molar-refractivity contribution in [1.82, 2.24) is 0 Å². The first kappa shape index (κ1) is 28.7. The summed E-state index contributed by atoms with van der Waals surface area (Å²) < 4.78 is 2.51. The van der Waals surface area contributed by atoms with E-state index >= 15 is 0 Å². The Morgan fingerprint density at radius 2 is 1.65 bits per heavy atom. The normalized spacial score (nSPS) is 22.7. The Balaban J connectivity index is 1.41. The second-order valence-corrected chi connectivity index (χ2v) is 13.0. The van der Waals surface area contributed by atoms with Gasteiger partial charge in [-0.05, 0) is 62.3 Å². The molecule has 1 aliphatic carbocycles. The van der Waals surface area contributed by atoms with Crippen LogP contribution in [0.25, 0.3) is 0 Å². The zero-order valence-corrected chi connectivity index (χ0v) is 26.1. The molecule has 2 aliphatic heterocycles. The van der Waals surface area contributed by atoms with Crippen LogP contribution >= 0.6 is 11.6 Å². The van der Waals surface area contributed by atoms with Crippen LogP contribution in [0.4, 0.5) is 11.4 Å². The molecule has 0 saturated carbocycles. The third-order valence-corrected chi connectivity index (χ3v) is 9.67. The molecule has 2 aromatic carbocycles. The van der Waals surface area contributed by atoms with Gasteiger partial charge in [0.05, 0.1) is 11.5 Å². The molecule has 0 aromatic heterocycles. The monoisotopic (exact) mass is 553 g/mol. The zero-order chi connectivity index (χ0) is 28.5. The number of para-hydroxylation sites is 2. The van der Waals surface area contributed by atoms with E-state index < -0.39 is 0 Å². The van der Waals surface area contributed by atoms with Gasteiger partial charge in [-0.25, -0.2) is 0 Å². The summed E-state index contributed by atoms with van der Waals surface area (Å²) in [5, 5.41) is 0.933. The Morgan fingerprint density at radius 3 is 2.40 bits per heavy atom. The van der Waals surface area contributed by atoms with Gasteiger partial charge in [-0.3, -0.25) is 0 Å². The first-order valence-electron chi connectivity index (χ1n) is 15.3. The molecular weight excluding hydrogens is 508 g/mol. The Morgan fingerprint density at radius 1 is 0.925 bits per heavy atom. The van der Waals surface area contributed by atoms with Gasteiger partial charge in [0.25, 0.3) is 0 Å². The molecule has 0 N–H and O–H groups in total. The van der Waals surface area contributed by atoms with E-state index in [0.717, 1.165) is 50.2 Å². The lowest BCUT2D eigenvalue weighted by molar-refractivity contribution is -0.437. The molecule has 2 aromatic rings. The Labute approximate surface area is 247 Å². The summed E-state index contributed by atoms with van der Waals surface area (Å²) >= 11 is 7.09. The maximum absolute atomic E-state index is 7.09. The van der Waals surface area contributed by atoms with E-state index in [1.807, 2.05) is 0 Å². The molecule has 0 radical (unpaired) electrons. The highest BCUT2D eigenvalue weighted by molar-refractivity contribution is 6.32. The van der Waals surface area contributed by atoms with Gasteiger partial charge in [0, 0.05) is 46.8 Å². The lowest BCUT2D eigenvalue weighted by Gasteiger charge is -2.32. The number of benzene rings is 2. The number of fused-ring (bicyclic) bond motifs is 2. The molecule has 2 heterocycles. The summed E-state index contributed by atoms with van der Waals surface area (Å²) in [5.41, 5.74) is 9.49. The Bertz CT molecular complexity index is 1420. The van der Waals surface area contributed by atoms with Gasteiger partial charge in [-0.15, -0.1) is 0 Å². The molecule has 2 nitrogen and oxygen atoms in total. The zero-order valence-electron chi connectivity index (χ0n) is 25.3. The van der Waals surface area contributed by atoms with Gasteiger partial charge in [0.15, 0.2) is 5.71 Å². The van der Waals surface area contributed by atoms with Crippen LogP contribution < -0.4 is 4.90 Å². The van der Waals surface area contributed by atoms with Gasteiger partial charge in [0.1, 0.15) is 6.54 Å². The number of hydrogen-bond acceptors (Lipinski definition) is 1. The Kier molecular flexibility index (Phi) is 8.30. The number of anilines is 1. The van der Waals surface area contributed by atoms with Crippen LogP contribution in [-0.2, 0) is 10.8 Å². The lowest BCUT2D eigenvalue weighted by atomic mass is 9.80. The Hall–Kier alpha value is -2.84. The van der Waals surface area contributed by atoms with Crippen molar-refractivity contribution in [1.29, 1.82) is 0 Å². The van der Waals surface area contributed by atoms with Crippen molar-refractivity contribution in [2.75, 3.05) is 18.0 Å². The molecule has 5 rings (SSSR count). The number of nitrogens with zero attached hydrogens (tertiary/aromatic N) is 2. The summed E-state index contributed by atoms with van der Waals surface area (Å²) in [6.45, 7) is 16.1.